The van der Waals surface area contributed by atoms with E-state index in [9.17, 15) is 18.9 Å². The lowest BCUT2D eigenvalue weighted by atomic mass is 9.98. The topological polar surface area (TPSA) is 137 Å². The number of carbonyl (C=O) groups excluding carboxylic acids is 2. The second-order valence-corrected chi connectivity index (χ2v) is 11.7. The van der Waals surface area contributed by atoms with Crippen molar-refractivity contribution in [3.8, 4) is 0 Å². The van der Waals surface area contributed by atoms with E-state index in [1.807, 2.05) is 98.8 Å². The number of carboxylic acid groups (broad SMARTS) is 1. The van der Waals surface area contributed by atoms with Gasteiger partial charge in [0.05, 0.1) is 12.0 Å². The van der Waals surface area contributed by atoms with Crippen LogP contribution in [0.3, 0.4) is 0 Å². The molecule has 0 radical (unpaired) electrons. The maximum Gasteiger partial charge on any atom is 0.452 e. The molecule has 5 N–H and O–H groups in total. The fourth-order valence-corrected chi connectivity index (χ4v) is 5.91. The predicted octanol–water partition coefficient (Wildman–Crippen LogP) is 3.89. The molecule has 0 aromatic heterocycles. The lowest BCUT2D eigenvalue weighted by Gasteiger charge is -2.24. The van der Waals surface area contributed by atoms with Crippen LogP contribution in [0.1, 0.15) is 44.4 Å². The molecule has 0 aliphatic heterocycles. The summed E-state index contributed by atoms with van der Waals surface area (Å²) >= 11 is 0. The molecule has 3 rings (SSSR count). The van der Waals surface area contributed by atoms with Crippen molar-refractivity contribution in [3.63, 3.8) is 0 Å². The van der Waals surface area contributed by atoms with Crippen LogP contribution in [0.2, 0.25) is 0 Å². The minimum absolute atomic E-state index is 0.0724. The highest BCUT2D eigenvalue weighted by Gasteiger charge is 2.41. The van der Waals surface area contributed by atoms with Crippen LogP contribution in [-0.4, -0.2) is 47.3 Å². The van der Waals surface area contributed by atoms with Gasteiger partial charge in [0.15, 0.2) is 0 Å². The Labute approximate surface area is 236 Å². The molecule has 1 aliphatic carbocycles. The zero-order valence-electron chi connectivity index (χ0n) is 23.0. The second kappa shape index (κ2) is 15.2. The summed E-state index contributed by atoms with van der Waals surface area (Å²) in [5.41, 5.74) is 2.03. The first-order chi connectivity index (χ1) is 19.2. The summed E-state index contributed by atoms with van der Waals surface area (Å²) in [6.45, 7) is 4.85. The number of aliphatic carboxylic acids is 1. The molecule has 10 heteroatoms. The van der Waals surface area contributed by atoms with Crippen molar-refractivity contribution in [3.05, 3.63) is 96.1 Å². The van der Waals surface area contributed by atoms with Crippen molar-refractivity contribution in [2.24, 2.45) is 11.8 Å². The molecule has 0 bridgehead atoms. The average molecular weight is 566 g/mol. The van der Waals surface area contributed by atoms with Gasteiger partial charge in [-0.2, -0.15) is 0 Å². The number of allylic oxidation sites excluding steroid dienone is 2. The summed E-state index contributed by atoms with van der Waals surface area (Å²) in [5.74, 6) is -2.89. The van der Waals surface area contributed by atoms with Gasteiger partial charge in [0.1, 0.15) is 18.6 Å². The number of hydrogen-bond acceptors (Lipinski definition) is 5. The summed E-state index contributed by atoms with van der Waals surface area (Å²) in [6, 6.07) is 17.8. The van der Waals surface area contributed by atoms with Gasteiger partial charge in [-0.1, -0.05) is 104 Å². The Morgan fingerprint density at radius 1 is 0.875 bits per heavy atom. The van der Waals surface area contributed by atoms with Crippen LogP contribution < -0.4 is 21.0 Å². The first-order valence-electron chi connectivity index (χ1n) is 13.4. The first-order valence-corrected chi connectivity index (χ1v) is 14.7. The Morgan fingerprint density at radius 2 is 1.43 bits per heavy atom. The fourth-order valence-electron chi connectivity index (χ4n) is 4.46. The number of nitrogens with one attached hydrogen (secondary N) is 4. The number of benzene rings is 2. The van der Waals surface area contributed by atoms with E-state index in [0.717, 1.165) is 11.1 Å². The largest absolute Gasteiger partial charge is 0.480 e. The van der Waals surface area contributed by atoms with Crippen molar-refractivity contribution < 1.29 is 24.1 Å². The molecule has 9 nitrogen and oxygen atoms in total. The summed E-state index contributed by atoms with van der Waals surface area (Å²) in [7, 11) is -2.17. The minimum Gasteiger partial charge on any atom is -0.480 e. The van der Waals surface area contributed by atoms with Crippen molar-refractivity contribution >= 4 is 25.7 Å². The zero-order valence-corrected chi connectivity index (χ0v) is 23.9. The molecule has 0 saturated heterocycles. The van der Waals surface area contributed by atoms with Gasteiger partial charge in [0, 0.05) is 0 Å². The summed E-state index contributed by atoms with van der Waals surface area (Å²) in [4.78, 5) is 36.5. The molecule has 2 unspecified atom stereocenters. The Kier molecular flexibility index (Phi) is 11.8. The van der Waals surface area contributed by atoms with Crippen molar-refractivity contribution in [1.29, 1.82) is 0 Å². The van der Waals surface area contributed by atoms with E-state index >= 15 is 0 Å². The van der Waals surface area contributed by atoms with Gasteiger partial charge in [-0.05, 0) is 35.0 Å². The highest BCUT2D eigenvalue weighted by atomic mass is 31.1. The third kappa shape index (κ3) is 9.23. The van der Waals surface area contributed by atoms with E-state index in [1.54, 1.807) is 6.92 Å². The standard InChI is InChI=1S/C30H37N4O5P/c1-20(2)18-25(29(38)31-19-26(35)36)32-28(37)21(3)34-40(39)30(24-16-10-11-17-24)33-27(22-12-6-4-7-13-22)23-14-8-5-9-15-23/h4-17,20-21,24-25,27,30,33H,18-19H2,1-3H3,(H3-,31,32,34,35,36,37,38,39)/p+1/t21-,25-,30?/m1/s1. The highest BCUT2D eigenvalue weighted by Crippen LogP contribution is 2.35. The third-order valence-corrected chi connectivity index (χ3v) is 8.11. The monoisotopic (exact) mass is 565 g/mol. The molecule has 0 fully saturated rings. The highest BCUT2D eigenvalue weighted by molar-refractivity contribution is 7.43. The van der Waals surface area contributed by atoms with Crippen LogP contribution in [-0.2, 0) is 18.9 Å². The molecule has 2 amide bonds. The van der Waals surface area contributed by atoms with E-state index in [2.05, 4.69) is 21.0 Å². The maximum absolute atomic E-state index is 13.8. The normalized spacial score (nSPS) is 15.6. The molecular weight excluding hydrogens is 527 g/mol. The fraction of sp³-hybridized carbons (Fsp3) is 0.367. The Hall–Kier alpha value is -3.65. The van der Waals surface area contributed by atoms with E-state index in [1.165, 1.54) is 0 Å². The molecular formula is C30H38N4O5P+. The molecule has 2 aromatic rings. The number of hydrogen-bond donors (Lipinski definition) is 5. The van der Waals surface area contributed by atoms with Crippen molar-refractivity contribution in [2.75, 3.05) is 6.54 Å². The van der Waals surface area contributed by atoms with Gasteiger partial charge >= 0.3 is 13.9 Å². The lowest BCUT2D eigenvalue weighted by molar-refractivity contribution is -0.138. The second-order valence-electron chi connectivity index (χ2n) is 10.2. The van der Waals surface area contributed by atoms with Crippen LogP contribution in [0.15, 0.2) is 85.0 Å². The van der Waals surface area contributed by atoms with Crippen molar-refractivity contribution in [2.45, 2.75) is 51.1 Å². The first kappa shape index (κ1) is 30.9. The van der Waals surface area contributed by atoms with Crippen LogP contribution in [0, 0.1) is 11.8 Å². The number of carbonyl (C=O) groups is 3. The van der Waals surface area contributed by atoms with Gasteiger partial charge in [-0.15, -0.1) is 0 Å². The van der Waals surface area contributed by atoms with Crippen LogP contribution in [0.25, 0.3) is 0 Å². The van der Waals surface area contributed by atoms with Gasteiger partial charge in [-0.3, -0.25) is 19.7 Å². The number of amides is 2. The van der Waals surface area contributed by atoms with Crippen LogP contribution >= 0.6 is 7.95 Å². The Morgan fingerprint density at radius 3 is 1.93 bits per heavy atom. The Bertz CT molecular complexity index is 1170. The molecule has 4 atom stereocenters. The maximum atomic E-state index is 13.8. The lowest BCUT2D eigenvalue weighted by Crippen LogP contribution is -2.52. The molecule has 0 saturated carbocycles. The van der Waals surface area contributed by atoms with E-state index in [4.69, 9.17) is 5.11 Å². The number of rotatable bonds is 15. The molecule has 212 valence electrons. The van der Waals surface area contributed by atoms with E-state index in [-0.39, 0.29) is 17.9 Å². The quantitative estimate of drug-likeness (QED) is 0.207. The smallest absolute Gasteiger partial charge is 0.452 e. The molecule has 0 heterocycles. The van der Waals surface area contributed by atoms with Gasteiger partial charge in [-0.25, -0.2) is 0 Å². The van der Waals surface area contributed by atoms with Gasteiger partial charge < -0.3 is 15.7 Å². The van der Waals surface area contributed by atoms with Gasteiger partial charge in [0.2, 0.25) is 17.6 Å². The van der Waals surface area contributed by atoms with Gasteiger partial charge in [0.25, 0.3) is 0 Å². The zero-order chi connectivity index (χ0) is 29.1. The van der Waals surface area contributed by atoms with Crippen LogP contribution in [0.5, 0.6) is 0 Å². The predicted molar refractivity (Wildman–Crippen MR) is 156 cm³/mol. The molecule has 0 spiro atoms. The third-order valence-electron chi connectivity index (χ3n) is 6.47. The summed E-state index contributed by atoms with van der Waals surface area (Å²) < 4.78 is 13.8. The van der Waals surface area contributed by atoms with Crippen molar-refractivity contribution in [1.82, 2.24) is 21.0 Å². The Balaban J connectivity index is 1.76. The van der Waals surface area contributed by atoms with E-state index in [0.29, 0.717) is 6.42 Å². The summed E-state index contributed by atoms with van der Waals surface area (Å²) in [5, 5.41) is 20.4. The van der Waals surface area contributed by atoms with Crippen LogP contribution in [0.4, 0.5) is 0 Å². The molecule has 40 heavy (non-hydrogen) atoms. The average Bonchev–Trinajstić information content (AvgIpc) is 3.47. The van der Waals surface area contributed by atoms with E-state index < -0.39 is 50.1 Å². The minimum atomic E-state index is -2.17. The summed E-state index contributed by atoms with van der Waals surface area (Å²) in [6.07, 6.45) is 8.08. The number of carboxylic acids is 1. The molecule has 1 aliphatic rings. The SMILES string of the molecule is CC(C)C[C@@H](NC(=O)[C@@H](C)N[P+](=O)C(NC(c1ccccc1)c1ccccc1)C1C=CC=C1)C(=O)NCC(=O)O. The molecule has 2 aromatic carbocycles.